The highest BCUT2D eigenvalue weighted by Crippen LogP contribution is 2.20. The summed E-state index contributed by atoms with van der Waals surface area (Å²) in [5.74, 6) is 0. The summed E-state index contributed by atoms with van der Waals surface area (Å²) in [6.07, 6.45) is 3.72. The Kier molecular flexibility index (Phi) is 3.86. The van der Waals surface area contributed by atoms with Crippen molar-refractivity contribution < 1.29 is 4.74 Å². The second-order valence-electron chi connectivity index (χ2n) is 4.83. The van der Waals surface area contributed by atoms with Crippen LogP contribution in [-0.2, 0) is 11.3 Å². The van der Waals surface area contributed by atoms with E-state index in [1.54, 1.807) is 6.20 Å². The van der Waals surface area contributed by atoms with Crippen molar-refractivity contribution in [1.29, 1.82) is 0 Å². The van der Waals surface area contributed by atoms with Gasteiger partial charge in [0.25, 0.3) is 0 Å². The lowest BCUT2D eigenvalue weighted by Crippen LogP contribution is -2.35. The van der Waals surface area contributed by atoms with Crippen molar-refractivity contribution >= 4 is 0 Å². The zero-order chi connectivity index (χ0) is 12.9. The number of benzene rings is 1. The first-order valence-electron chi connectivity index (χ1n) is 6.71. The minimum absolute atomic E-state index is 0.849. The van der Waals surface area contributed by atoms with E-state index >= 15 is 0 Å². The molecule has 1 aliphatic heterocycles. The van der Waals surface area contributed by atoms with Crippen LogP contribution in [0, 0.1) is 0 Å². The van der Waals surface area contributed by atoms with Crippen molar-refractivity contribution in [1.82, 2.24) is 9.88 Å². The smallest absolute Gasteiger partial charge is 0.0594 e. The largest absolute Gasteiger partial charge is 0.379 e. The van der Waals surface area contributed by atoms with Crippen LogP contribution >= 0.6 is 0 Å². The fourth-order valence-electron chi connectivity index (χ4n) is 2.40. The van der Waals surface area contributed by atoms with E-state index in [1.807, 2.05) is 12.3 Å². The average molecular weight is 254 g/mol. The van der Waals surface area contributed by atoms with Crippen LogP contribution in [0.2, 0.25) is 0 Å². The van der Waals surface area contributed by atoms with Crippen LogP contribution in [0.3, 0.4) is 0 Å². The first-order valence-corrected chi connectivity index (χ1v) is 6.71. The van der Waals surface area contributed by atoms with E-state index in [0.29, 0.717) is 0 Å². The number of hydrogen-bond acceptors (Lipinski definition) is 3. The molecule has 0 unspecified atom stereocenters. The van der Waals surface area contributed by atoms with Gasteiger partial charge in [0.05, 0.1) is 13.2 Å². The third-order valence-corrected chi connectivity index (χ3v) is 3.43. The molecule has 1 aromatic heterocycles. The SMILES string of the molecule is c1cncc(-c2cccc(CN3CCOCC3)c2)c1. The van der Waals surface area contributed by atoms with Crippen LogP contribution in [0.15, 0.2) is 48.8 Å². The summed E-state index contributed by atoms with van der Waals surface area (Å²) in [5, 5.41) is 0. The van der Waals surface area contributed by atoms with E-state index in [-0.39, 0.29) is 0 Å². The number of aromatic nitrogens is 1. The van der Waals surface area contributed by atoms with Gasteiger partial charge < -0.3 is 4.74 Å². The lowest BCUT2D eigenvalue weighted by Gasteiger charge is -2.26. The molecule has 0 N–H and O–H groups in total. The summed E-state index contributed by atoms with van der Waals surface area (Å²) in [5.41, 5.74) is 3.76. The van der Waals surface area contributed by atoms with Gasteiger partial charge in [0.15, 0.2) is 0 Å². The van der Waals surface area contributed by atoms with Gasteiger partial charge >= 0.3 is 0 Å². The molecule has 1 aromatic carbocycles. The summed E-state index contributed by atoms with van der Waals surface area (Å²) < 4.78 is 5.38. The molecule has 3 nitrogen and oxygen atoms in total. The minimum atomic E-state index is 0.849. The molecule has 1 saturated heterocycles. The molecule has 2 aromatic rings. The molecule has 0 atom stereocenters. The number of morpholine rings is 1. The van der Waals surface area contributed by atoms with Crippen molar-refractivity contribution in [3.63, 3.8) is 0 Å². The standard InChI is InChI=1S/C16H18N2O/c1-3-14(13-18-7-9-19-10-8-18)11-15(4-1)16-5-2-6-17-12-16/h1-6,11-12H,7-10,13H2. The molecule has 98 valence electrons. The maximum absolute atomic E-state index is 5.38. The Morgan fingerprint density at radius 1 is 1.05 bits per heavy atom. The molecule has 0 saturated carbocycles. The van der Waals surface area contributed by atoms with Crippen molar-refractivity contribution in [3.05, 3.63) is 54.4 Å². The Morgan fingerprint density at radius 2 is 1.89 bits per heavy atom. The first kappa shape index (κ1) is 12.3. The van der Waals surface area contributed by atoms with Crippen LogP contribution in [0.1, 0.15) is 5.56 Å². The molecule has 0 amide bonds. The maximum atomic E-state index is 5.38. The van der Waals surface area contributed by atoms with Gasteiger partial charge in [-0.3, -0.25) is 9.88 Å². The van der Waals surface area contributed by atoms with Gasteiger partial charge in [-0.1, -0.05) is 24.3 Å². The number of nitrogens with zero attached hydrogens (tertiary/aromatic N) is 2. The second kappa shape index (κ2) is 5.95. The third-order valence-electron chi connectivity index (χ3n) is 3.43. The van der Waals surface area contributed by atoms with Crippen LogP contribution < -0.4 is 0 Å². The summed E-state index contributed by atoms with van der Waals surface area (Å²) in [7, 11) is 0. The number of ether oxygens (including phenoxy) is 1. The Labute approximate surface area is 113 Å². The van der Waals surface area contributed by atoms with E-state index < -0.39 is 0 Å². The molecule has 3 rings (SSSR count). The number of pyridine rings is 1. The summed E-state index contributed by atoms with van der Waals surface area (Å²) in [6.45, 7) is 4.75. The quantitative estimate of drug-likeness (QED) is 0.842. The topological polar surface area (TPSA) is 25.4 Å². The fraction of sp³-hybridized carbons (Fsp3) is 0.312. The van der Waals surface area contributed by atoms with Crippen molar-refractivity contribution in [2.75, 3.05) is 26.3 Å². The lowest BCUT2D eigenvalue weighted by molar-refractivity contribution is 0.0342. The molecular formula is C16H18N2O. The molecule has 0 spiro atoms. The number of hydrogen-bond donors (Lipinski definition) is 0. The molecule has 2 heterocycles. The van der Waals surface area contributed by atoms with Gasteiger partial charge in [-0.15, -0.1) is 0 Å². The second-order valence-corrected chi connectivity index (χ2v) is 4.83. The monoisotopic (exact) mass is 254 g/mol. The molecular weight excluding hydrogens is 236 g/mol. The highest BCUT2D eigenvalue weighted by Gasteiger charge is 2.10. The Balaban J connectivity index is 1.76. The fourth-order valence-corrected chi connectivity index (χ4v) is 2.40. The van der Waals surface area contributed by atoms with E-state index in [9.17, 15) is 0 Å². The minimum Gasteiger partial charge on any atom is -0.379 e. The highest BCUT2D eigenvalue weighted by atomic mass is 16.5. The third kappa shape index (κ3) is 3.19. The molecule has 0 radical (unpaired) electrons. The highest BCUT2D eigenvalue weighted by molar-refractivity contribution is 5.62. The first-order chi connectivity index (χ1) is 9.42. The van der Waals surface area contributed by atoms with Gasteiger partial charge in [0.1, 0.15) is 0 Å². The van der Waals surface area contributed by atoms with E-state index in [1.165, 1.54) is 16.7 Å². The van der Waals surface area contributed by atoms with Crippen LogP contribution in [0.4, 0.5) is 0 Å². The number of rotatable bonds is 3. The van der Waals surface area contributed by atoms with Gasteiger partial charge in [0, 0.05) is 32.0 Å². The summed E-state index contributed by atoms with van der Waals surface area (Å²) in [4.78, 5) is 6.62. The molecule has 19 heavy (non-hydrogen) atoms. The maximum Gasteiger partial charge on any atom is 0.0594 e. The van der Waals surface area contributed by atoms with Gasteiger partial charge in [-0.25, -0.2) is 0 Å². The van der Waals surface area contributed by atoms with Crippen molar-refractivity contribution in [2.24, 2.45) is 0 Å². The predicted octanol–water partition coefficient (Wildman–Crippen LogP) is 2.58. The van der Waals surface area contributed by atoms with E-state index in [0.717, 1.165) is 32.8 Å². The molecule has 0 bridgehead atoms. The van der Waals surface area contributed by atoms with Crippen molar-refractivity contribution in [2.45, 2.75) is 6.54 Å². The summed E-state index contributed by atoms with van der Waals surface area (Å²) >= 11 is 0. The molecule has 3 heteroatoms. The Morgan fingerprint density at radius 3 is 2.68 bits per heavy atom. The molecule has 0 aliphatic carbocycles. The van der Waals surface area contributed by atoms with Crippen LogP contribution in [0.5, 0.6) is 0 Å². The van der Waals surface area contributed by atoms with Crippen LogP contribution in [0.25, 0.3) is 11.1 Å². The van der Waals surface area contributed by atoms with E-state index in [4.69, 9.17) is 4.74 Å². The van der Waals surface area contributed by atoms with Crippen LogP contribution in [-0.4, -0.2) is 36.2 Å². The predicted molar refractivity (Wildman–Crippen MR) is 75.8 cm³/mol. The summed E-state index contributed by atoms with van der Waals surface area (Å²) in [6, 6.07) is 12.8. The zero-order valence-electron chi connectivity index (χ0n) is 11.0. The van der Waals surface area contributed by atoms with Gasteiger partial charge in [-0.05, 0) is 28.8 Å². The van der Waals surface area contributed by atoms with Gasteiger partial charge in [-0.2, -0.15) is 0 Å². The zero-order valence-corrected chi connectivity index (χ0v) is 11.0. The molecule has 1 aliphatic rings. The molecule has 1 fully saturated rings. The average Bonchev–Trinajstić information content (AvgIpc) is 2.49. The van der Waals surface area contributed by atoms with Crippen molar-refractivity contribution in [3.8, 4) is 11.1 Å². The Bertz CT molecular complexity index is 521. The van der Waals surface area contributed by atoms with E-state index in [2.05, 4.69) is 40.2 Å². The Hall–Kier alpha value is -1.71. The van der Waals surface area contributed by atoms with Gasteiger partial charge in [0.2, 0.25) is 0 Å². The lowest BCUT2D eigenvalue weighted by atomic mass is 10.0. The normalized spacial score (nSPS) is 16.4.